The van der Waals surface area contributed by atoms with Crippen LogP contribution in [0.15, 0.2) is 16.5 Å². The summed E-state index contributed by atoms with van der Waals surface area (Å²) in [7, 11) is -0.712. The van der Waals surface area contributed by atoms with E-state index < -0.39 is 10.8 Å². The SMILES string of the molecule is O=C(NC1CCS(=O)CC1)c1ccc(Cl)o1. The van der Waals surface area contributed by atoms with Gasteiger partial charge in [0.15, 0.2) is 11.0 Å². The van der Waals surface area contributed by atoms with Crippen LogP contribution in [-0.4, -0.2) is 27.7 Å². The van der Waals surface area contributed by atoms with Gasteiger partial charge < -0.3 is 9.73 Å². The molecule has 1 saturated heterocycles. The topological polar surface area (TPSA) is 59.3 Å². The molecule has 0 unspecified atom stereocenters. The molecule has 88 valence electrons. The van der Waals surface area contributed by atoms with E-state index in [1.807, 2.05) is 0 Å². The minimum absolute atomic E-state index is 0.0917. The number of halogens is 1. The first-order valence-electron chi connectivity index (χ1n) is 5.06. The molecule has 1 aliphatic rings. The van der Waals surface area contributed by atoms with Crippen LogP contribution < -0.4 is 5.32 Å². The second kappa shape index (κ2) is 5.01. The minimum atomic E-state index is -0.712. The van der Waals surface area contributed by atoms with E-state index in [2.05, 4.69) is 5.32 Å². The Balaban J connectivity index is 1.90. The molecule has 0 aromatic carbocycles. The van der Waals surface area contributed by atoms with E-state index in [0.717, 1.165) is 12.8 Å². The highest BCUT2D eigenvalue weighted by Crippen LogP contribution is 2.14. The van der Waals surface area contributed by atoms with E-state index in [1.54, 1.807) is 6.07 Å². The van der Waals surface area contributed by atoms with Crippen molar-refractivity contribution in [3.63, 3.8) is 0 Å². The molecule has 1 aromatic rings. The molecular formula is C10H12ClNO3S. The average molecular weight is 262 g/mol. The number of furan rings is 1. The Morgan fingerprint density at radius 2 is 2.12 bits per heavy atom. The van der Waals surface area contributed by atoms with Crippen molar-refractivity contribution in [3.05, 3.63) is 23.1 Å². The van der Waals surface area contributed by atoms with Crippen LogP contribution in [-0.2, 0) is 10.8 Å². The molecule has 6 heteroatoms. The quantitative estimate of drug-likeness (QED) is 0.879. The maximum atomic E-state index is 11.7. The van der Waals surface area contributed by atoms with Gasteiger partial charge in [-0.1, -0.05) is 0 Å². The standard InChI is InChI=1S/C10H12ClNO3S/c11-9-2-1-8(15-9)10(13)12-7-3-5-16(14)6-4-7/h1-2,7H,3-6H2,(H,12,13). The molecule has 0 spiro atoms. The molecule has 0 aliphatic carbocycles. The highest BCUT2D eigenvalue weighted by Gasteiger charge is 2.21. The summed E-state index contributed by atoms with van der Waals surface area (Å²) in [6, 6.07) is 3.17. The lowest BCUT2D eigenvalue weighted by molar-refractivity contribution is 0.0906. The molecule has 0 bridgehead atoms. The van der Waals surface area contributed by atoms with Crippen LogP contribution >= 0.6 is 11.6 Å². The summed E-state index contributed by atoms with van der Waals surface area (Å²) in [6.07, 6.45) is 1.51. The van der Waals surface area contributed by atoms with Gasteiger partial charge in [0.1, 0.15) is 0 Å². The fourth-order valence-corrected chi connectivity index (χ4v) is 3.08. The van der Waals surface area contributed by atoms with Gasteiger partial charge in [-0.15, -0.1) is 0 Å². The molecule has 0 saturated carbocycles. The van der Waals surface area contributed by atoms with Crippen LogP contribution in [0.4, 0.5) is 0 Å². The number of hydrogen-bond acceptors (Lipinski definition) is 3. The number of amides is 1. The zero-order valence-corrected chi connectivity index (χ0v) is 10.1. The van der Waals surface area contributed by atoms with Gasteiger partial charge in [0, 0.05) is 28.3 Å². The Labute approximate surface area is 101 Å². The number of carbonyl (C=O) groups excluding carboxylic acids is 1. The summed E-state index contributed by atoms with van der Waals surface area (Å²) < 4.78 is 16.1. The molecule has 1 N–H and O–H groups in total. The van der Waals surface area contributed by atoms with Crippen LogP contribution in [0.3, 0.4) is 0 Å². The van der Waals surface area contributed by atoms with Crippen molar-refractivity contribution >= 4 is 28.3 Å². The Morgan fingerprint density at radius 3 is 2.69 bits per heavy atom. The van der Waals surface area contributed by atoms with E-state index in [0.29, 0.717) is 11.5 Å². The monoisotopic (exact) mass is 261 g/mol. The van der Waals surface area contributed by atoms with Gasteiger partial charge in [-0.2, -0.15) is 0 Å². The third kappa shape index (κ3) is 2.86. The van der Waals surface area contributed by atoms with E-state index in [4.69, 9.17) is 16.0 Å². The van der Waals surface area contributed by atoms with Crippen LogP contribution in [0, 0.1) is 0 Å². The molecule has 2 heterocycles. The Hall–Kier alpha value is -0.810. The summed E-state index contributed by atoms with van der Waals surface area (Å²) in [5.41, 5.74) is 0. The summed E-state index contributed by atoms with van der Waals surface area (Å²) in [5.74, 6) is 1.27. The lowest BCUT2D eigenvalue weighted by Crippen LogP contribution is -2.39. The van der Waals surface area contributed by atoms with Crippen molar-refractivity contribution in [2.24, 2.45) is 0 Å². The highest BCUT2D eigenvalue weighted by atomic mass is 35.5. The van der Waals surface area contributed by atoms with Crippen LogP contribution in [0.5, 0.6) is 0 Å². The fraction of sp³-hybridized carbons (Fsp3) is 0.500. The Kier molecular flexibility index (Phi) is 3.66. The number of hydrogen-bond donors (Lipinski definition) is 1. The Bertz CT molecular complexity index is 408. The first kappa shape index (κ1) is 11.7. The minimum Gasteiger partial charge on any atom is -0.440 e. The van der Waals surface area contributed by atoms with Gasteiger partial charge in [-0.05, 0) is 36.6 Å². The predicted octanol–water partition coefficient (Wildman–Crippen LogP) is 1.57. The smallest absolute Gasteiger partial charge is 0.287 e. The molecule has 1 fully saturated rings. The summed E-state index contributed by atoms with van der Waals surface area (Å²) in [6.45, 7) is 0. The van der Waals surface area contributed by atoms with Gasteiger partial charge in [0.2, 0.25) is 0 Å². The largest absolute Gasteiger partial charge is 0.440 e. The molecule has 2 rings (SSSR count). The van der Waals surface area contributed by atoms with E-state index in [-0.39, 0.29) is 22.9 Å². The summed E-state index contributed by atoms with van der Waals surface area (Å²) >= 11 is 5.58. The maximum Gasteiger partial charge on any atom is 0.287 e. The molecule has 0 radical (unpaired) electrons. The highest BCUT2D eigenvalue weighted by molar-refractivity contribution is 7.85. The second-order valence-corrected chi connectivity index (χ2v) is 5.77. The lowest BCUT2D eigenvalue weighted by atomic mass is 10.1. The lowest BCUT2D eigenvalue weighted by Gasteiger charge is -2.21. The average Bonchev–Trinajstić information content (AvgIpc) is 2.68. The number of nitrogens with one attached hydrogen (secondary N) is 1. The molecule has 4 nitrogen and oxygen atoms in total. The van der Waals surface area contributed by atoms with Crippen molar-refractivity contribution in [2.45, 2.75) is 18.9 Å². The second-order valence-electron chi connectivity index (χ2n) is 3.70. The first-order valence-corrected chi connectivity index (χ1v) is 6.93. The van der Waals surface area contributed by atoms with E-state index in [1.165, 1.54) is 6.07 Å². The zero-order chi connectivity index (χ0) is 11.5. The van der Waals surface area contributed by atoms with Crippen molar-refractivity contribution in [3.8, 4) is 0 Å². The van der Waals surface area contributed by atoms with Gasteiger partial charge in [0.05, 0.1) is 0 Å². The summed E-state index contributed by atoms with van der Waals surface area (Å²) in [5, 5.41) is 3.05. The number of carbonyl (C=O) groups is 1. The molecule has 0 atom stereocenters. The summed E-state index contributed by atoms with van der Waals surface area (Å²) in [4.78, 5) is 11.7. The van der Waals surface area contributed by atoms with Crippen molar-refractivity contribution in [1.82, 2.24) is 5.32 Å². The normalized spacial score (nSPS) is 25.3. The Morgan fingerprint density at radius 1 is 1.44 bits per heavy atom. The molecule has 1 aliphatic heterocycles. The van der Waals surface area contributed by atoms with Gasteiger partial charge in [-0.25, -0.2) is 0 Å². The number of rotatable bonds is 2. The van der Waals surface area contributed by atoms with Gasteiger partial charge >= 0.3 is 0 Å². The third-order valence-electron chi connectivity index (χ3n) is 2.52. The predicted molar refractivity (Wildman–Crippen MR) is 62.1 cm³/mol. The van der Waals surface area contributed by atoms with Crippen molar-refractivity contribution in [2.75, 3.05) is 11.5 Å². The van der Waals surface area contributed by atoms with E-state index in [9.17, 15) is 9.00 Å². The van der Waals surface area contributed by atoms with Crippen LogP contribution in [0.1, 0.15) is 23.4 Å². The molecule has 1 aromatic heterocycles. The van der Waals surface area contributed by atoms with Crippen LogP contribution in [0.25, 0.3) is 0 Å². The fourth-order valence-electron chi connectivity index (χ4n) is 1.63. The maximum absolute atomic E-state index is 11.7. The van der Waals surface area contributed by atoms with E-state index >= 15 is 0 Å². The van der Waals surface area contributed by atoms with Gasteiger partial charge in [0.25, 0.3) is 5.91 Å². The van der Waals surface area contributed by atoms with Crippen molar-refractivity contribution in [1.29, 1.82) is 0 Å². The van der Waals surface area contributed by atoms with Crippen molar-refractivity contribution < 1.29 is 13.4 Å². The van der Waals surface area contributed by atoms with Crippen LogP contribution in [0.2, 0.25) is 5.22 Å². The van der Waals surface area contributed by atoms with Gasteiger partial charge in [-0.3, -0.25) is 9.00 Å². The molecular weight excluding hydrogens is 250 g/mol. The third-order valence-corrected chi connectivity index (χ3v) is 4.11. The molecule has 1 amide bonds. The zero-order valence-electron chi connectivity index (χ0n) is 8.57. The first-order chi connectivity index (χ1) is 7.65. The molecule has 16 heavy (non-hydrogen) atoms.